The van der Waals surface area contributed by atoms with E-state index in [9.17, 15) is 4.79 Å². The van der Waals surface area contributed by atoms with Gasteiger partial charge in [-0.1, -0.05) is 29.8 Å². The van der Waals surface area contributed by atoms with E-state index >= 15 is 0 Å². The number of hydrogen-bond donors (Lipinski definition) is 1. The summed E-state index contributed by atoms with van der Waals surface area (Å²) in [7, 11) is 0. The van der Waals surface area contributed by atoms with Gasteiger partial charge in [-0.2, -0.15) is 0 Å². The monoisotopic (exact) mass is 373 g/mol. The molecular weight excluding hydrogens is 354 g/mol. The molecule has 5 nitrogen and oxygen atoms in total. The number of likely N-dealkylation sites (tertiary alicyclic amines) is 1. The molecule has 1 saturated heterocycles. The van der Waals surface area contributed by atoms with Crippen LogP contribution in [0.4, 0.5) is 0 Å². The van der Waals surface area contributed by atoms with Crippen molar-refractivity contribution in [2.75, 3.05) is 19.7 Å². The lowest BCUT2D eigenvalue weighted by Gasteiger charge is -2.43. The van der Waals surface area contributed by atoms with Crippen molar-refractivity contribution in [1.29, 1.82) is 0 Å². The molecule has 2 aromatic carbocycles. The Labute approximate surface area is 157 Å². The van der Waals surface area contributed by atoms with Crippen molar-refractivity contribution in [3.63, 3.8) is 0 Å². The Morgan fingerprint density at radius 1 is 1.23 bits per heavy atom. The molecule has 1 fully saturated rings. The quantitative estimate of drug-likeness (QED) is 0.871. The highest BCUT2D eigenvalue weighted by molar-refractivity contribution is 6.30. The smallest absolute Gasteiger partial charge is 0.309 e. The molecule has 1 atom stereocenters. The lowest BCUT2D eigenvalue weighted by Crippen LogP contribution is -2.57. The van der Waals surface area contributed by atoms with Gasteiger partial charge in [0.15, 0.2) is 0 Å². The number of carboxylic acid groups (broad SMARTS) is 1. The van der Waals surface area contributed by atoms with E-state index in [1.54, 1.807) is 0 Å². The van der Waals surface area contributed by atoms with E-state index < -0.39 is 5.97 Å². The molecule has 0 aromatic heterocycles. The Morgan fingerprint density at radius 2 is 2.00 bits per heavy atom. The first-order chi connectivity index (χ1) is 12.6. The Kier molecular flexibility index (Phi) is 4.74. The van der Waals surface area contributed by atoms with Gasteiger partial charge < -0.3 is 14.6 Å². The normalized spacial score (nSPS) is 20.0. The van der Waals surface area contributed by atoms with Gasteiger partial charge >= 0.3 is 5.97 Å². The highest BCUT2D eigenvalue weighted by Gasteiger charge is 2.38. The van der Waals surface area contributed by atoms with E-state index in [2.05, 4.69) is 4.90 Å². The first kappa shape index (κ1) is 17.2. The SMILES string of the molecule is O=C(O)C1CN(C2COc3cc(OCc4ccc(Cl)cc4)ccc3C2)C1. The van der Waals surface area contributed by atoms with Crippen LogP contribution >= 0.6 is 11.6 Å². The van der Waals surface area contributed by atoms with E-state index in [1.165, 1.54) is 0 Å². The van der Waals surface area contributed by atoms with Gasteiger partial charge in [0.2, 0.25) is 0 Å². The molecule has 1 N–H and O–H groups in total. The topological polar surface area (TPSA) is 59.0 Å². The van der Waals surface area contributed by atoms with Crippen LogP contribution in [-0.2, 0) is 17.8 Å². The zero-order chi connectivity index (χ0) is 18.1. The number of halogens is 1. The Balaban J connectivity index is 1.35. The zero-order valence-electron chi connectivity index (χ0n) is 14.2. The fraction of sp³-hybridized carbons (Fsp3) is 0.350. The number of carbonyl (C=O) groups is 1. The van der Waals surface area contributed by atoms with Gasteiger partial charge in [0.05, 0.1) is 5.92 Å². The third-order valence-corrected chi connectivity index (χ3v) is 5.27. The predicted octanol–water partition coefficient (Wildman–Crippen LogP) is 3.24. The predicted molar refractivity (Wildman–Crippen MR) is 97.9 cm³/mol. The van der Waals surface area contributed by atoms with Gasteiger partial charge in [-0.25, -0.2) is 0 Å². The summed E-state index contributed by atoms with van der Waals surface area (Å²) < 4.78 is 11.8. The summed E-state index contributed by atoms with van der Waals surface area (Å²) in [4.78, 5) is 13.1. The molecule has 6 heteroatoms. The largest absolute Gasteiger partial charge is 0.492 e. The number of fused-ring (bicyclic) bond motifs is 1. The molecule has 2 aromatic rings. The fourth-order valence-electron chi connectivity index (χ4n) is 3.38. The summed E-state index contributed by atoms with van der Waals surface area (Å²) in [5, 5.41) is 9.72. The average Bonchev–Trinajstić information content (AvgIpc) is 2.59. The highest BCUT2D eigenvalue weighted by Crippen LogP contribution is 2.32. The van der Waals surface area contributed by atoms with Gasteiger partial charge in [-0.3, -0.25) is 9.69 Å². The van der Waals surface area contributed by atoms with Crippen molar-refractivity contribution >= 4 is 17.6 Å². The summed E-state index contributed by atoms with van der Waals surface area (Å²) in [6, 6.07) is 13.8. The van der Waals surface area contributed by atoms with Crippen LogP contribution in [0.25, 0.3) is 0 Å². The fourth-order valence-corrected chi connectivity index (χ4v) is 3.50. The lowest BCUT2D eigenvalue weighted by atomic mass is 9.93. The lowest BCUT2D eigenvalue weighted by molar-refractivity contribution is -0.149. The number of hydrogen-bond acceptors (Lipinski definition) is 4. The minimum absolute atomic E-state index is 0.236. The first-order valence-electron chi connectivity index (χ1n) is 8.68. The zero-order valence-corrected chi connectivity index (χ0v) is 15.0. The molecule has 0 amide bonds. The molecule has 0 saturated carbocycles. The number of aliphatic carboxylic acids is 1. The number of ether oxygens (including phenoxy) is 2. The maximum atomic E-state index is 10.9. The maximum Gasteiger partial charge on any atom is 0.309 e. The summed E-state index contributed by atoms with van der Waals surface area (Å²) in [5.74, 6) is 0.679. The van der Waals surface area contributed by atoms with Crippen LogP contribution in [0.5, 0.6) is 11.5 Å². The second-order valence-corrected chi connectivity index (χ2v) is 7.28. The van der Waals surface area contributed by atoms with Crippen molar-refractivity contribution in [2.45, 2.75) is 19.1 Å². The van der Waals surface area contributed by atoms with E-state index in [-0.39, 0.29) is 12.0 Å². The third-order valence-electron chi connectivity index (χ3n) is 5.02. The van der Waals surface area contributed by atoms with Gasteiger partial charge in [0.25, 0.3) is 0 Å². The van der Waals surface area contributed by atoms with Crippen LogP contribution in [0.1, 0.15) is 11.1 Å². The molecule has 136 valence electrons. The number of benzene rings is 2. The van der Waals surface area contributed by atoms with E-state index in [4.69, 9.17) is 26.2 Å². The molecule has 1 unspecified atom stereocenters. The van der Waals surface area contributed by atoms with Gasteiger partial charge in [-0.05, 0) is 35.7 Å². The van der Waals surface area contributed by atoms with Crippen molar-refractivity contribution < 1.29 is 19.4 Å². The summed E-state index contributed by atoms with van der Waals surface area (Å²) in [5.41, 5.74) is 2.19. The van der Waals surface area contributed by atoms with Gasteiger partial charge in [-0.15, -0.1) is 0 Å². The highest BCUT2D eigenvalue weighted by atomic mass is 35.5. The molecule has 0 radical (unpaired) electrons. The van der Waals surface area contributed by atoms with Crippen molar-refractivity contribution in [3.8, 4) is 11.5 Å². The minimum atomic E-state index is -0.708. The standard InChI is InChI=1S/C20H20ClNO4/c21-16-4-1-13(2-5-16)11-25-18-6-3-14-7-17(12-26-19(14)8-18)22-9-15(10-22)20(23)24/h1-6,8,15,17H,7,9-12H2,(H,23,24). The number of rotatable bonds is 5. The summed E-state index contributed by atoms with van der Waals surface area (Å²) in [6.07, 6.45) is 0.874. The molecular formula is C20H20ClNO4. The average molecular weight is 374 g/mol. The Morgan fingerprint density at radius 3 is 2.73 bits per heavy atom. The van der Waals surface area contributed by atoms with Crippen molar-refractivity contribution in [2.24, 2.45) is 5.92 Å². The van der Waals surface area contributed by atoms with Gasteiger partial charge in [0, 0.05) is 30.2 Å². The molecule has 0 spiro atoms. The number of nitrogens with zero attached hydrogens (tertiary/aromatic N) is 1. The molecule has 26 heavy (non-hydrogen) atoms. The molecule has 0 bridgehead atoms. The number of carboxylic acids is 1. The minimum Gasteiger partial charge on any atom is -0.492 e. The van der Waals surface area contributed by atoms with E-state index in [0.717, 1.165) is 29.0 Å². The third kappa shape index (κ3) is 3.64. The van der Waals surface area contributed by atoms with Crippen LogP contribution < -0.4 is 9.47 Å². The molecule has 0 aliphatic carbocycles. The van der Waals surface area contributed by atoms with Crippen LogP contribution in [0.15, 0.2) is 42.5 Å². The first-order valence-corrected chi connectivity index (χ1v) is 9.06. The van der Waals surface area contributed by atoms with Crippen molar-refractivity contribution in [1.82, 2.24) is 4.90 Å². The van der Waals surface area contributed by atoms with Crippen LogP contribution in [0, 0.1) is 5.92 Å². The van der Waals surface area contributed by atoms with Crippen LogP contribution in [0.2, 0.25) is 5.02 Å². The Bertz CT molecular complexity index is 802. The Hall–Kier alpha value is -2.24. The van der Waals surface area contributed by atoms with Crippen LogP contribution in [-0.4, -0.2) is 41.7 Å². The van der Waals surface area contributed by atoms with E-state index in [1.807, 2.05) is 42.5 Å². The second-order valence-electron chi connectivity index (χ2n) is 6.84. The van der Waals surface area contributed by atoms with E-state index in [0.29, 0.717) is 31.3 Å². The summed E-state index contributed by atoms with van der Waals surface area (Å²) >= 11 is 5.89. The molecule has 2 aliphatic rings. The second kappa shape index (κ2) is 7.17. The molecule has 4 rings (SSSR count). The molecule has 2 heterocycles. The maximum absolute atomic E-state index is 10.9. The van der Waals surface area contributed by atoms with Crippen LogP contribution in [0.3, 0.4) is 0 Å². The summed E-state index contributed by atoms with van der Waals surface area (Å²) in [6.45, 7) is 2.28. The molecule has 2 aliphatic heterocycles. The van der Waals surface area contributed by atoms with Crippen molar-refractivity contribution in [3.05, 3.63) is 58.6 Å². The van der Waals surface area contributed by atoms with Gasteiger partial charge in [0.1, 0.15) is 24.7 Å².